The van der Waals surface area contributed by atoms with Crippen molar-refractivity contribution in [2.75, 3.05) is 5.75 Å². The molecule has 114 valence electrons. The van der Waals surface area contributed by atoms with Gasteiger partial charge in [-0.05, 0) is 18.6 Å². The van der Waals surface area contributed by atoms with Crippen molar-refractivity contribution in [3.05, 3.63) is 24.3 Å². The third-order valence-corrected chi connectivity index (χ3v) is 5.02. The molecule has 0 fully saturated rings. The summed E-state index contributed by atoms with van der Waals surface area (Å²) < 4.78 is 85.4. The third kappa shape index (κ3) is 3.85. The van der Waals surface area contributed by atoms with Gasteiger partial charge in [0.05, 0.1) is 10.6 Å². The number of alkyl halides is 3. The van der Waals surface area contributed by atoms with Crippen molar-refractivity contribution in [2.24, 2.45) is 0 Å². The zero-order valence-corrected chi connectivity index (χ0v) is 11.8. The van der Waals surface area contributed by atoms with Crippen LogP contribution < -0.4 is 4.18 Å². The molecule has 10 heteroatoms. The van der Waals surface area contributed by atoms with Crippen molar-refractivity contribution in [2.45, 2.75) is 23.7 Å². The van der Waals surface area contributed by atoms with Gasteiger partial charge in [0, 0.05) is 6.07 Å². The Bertz CT molecular complexity index is 677. The Morgan fingerprint density at radius 2 is 1.75 bits per heavy atom. The number of benzene rings is 1. The number of halogens is 3. The summed E-state index contributed by atoms with van der Waals surface area (Å²) in [7, 11) is -9.50. The fourth-order valence-electron chi connectivity index (χ4n) is 1.28. The molecule has 1 aromatic carbocycles. The SMILES string of the molecule is CCCS(=O)(=O)c1cccc(OS(=O)(=O)C(F)(F)F)c1. The lowest BCUT2D eigenvalue weighted by Gasteiger charge is -2.10. The van der Waals surface area contributed by atoms with Crippen LogP contribution in [0.25, 0.3) is 0 Å². The van der Waals surface area contributed by atoms with E-state index in [4.69, 9.17) is 0 Å². The molecule has 0 atom stereocenters. The van der Waals surface area contributed by atoms with E-state index in [0.29, 0.717) is 6.42 Å². The second-order valence-electron chi connectivity index (χ2n) is 3.78. The summed E-state index contributed by atoms with van der Waals surface area (Å²) in [4.78, 5) is -0.297. The van der Waals surface area contributed by atoms with E-state index >= 15 is 0 Å². The molecule has 20 heavy (non-hydrogen) atoms. The van der Waals surface area contributed by atoms with Gasteiger partial charge in [0.25, 0.3) is 0 Å². The van der Waals surface area contributed by atoms with E-state index in [1.54, 1.807) is 6.92 Å². The molecule has 1 rings (SSSR count). The first kappa shape index (κ1) is 16.8. The van der Waals surface area contributed by atoms with E-state index < -0.39 is 31.2 Å². The quantitative estimate of drug-likeness (QED) is 0.609. The fraction of sp³-hybridized carbons (Fsp3) is 0.400. The van der Waals surface area contributed by atoms with Crippen LogP contribution in [0.5, 0.6) is 5.75 Å². The van der Waals surface area contributed by atoms with E-state index in [9.17, 15) is 30.0 Å². The molecule has 0 heterocycles. The van der Waals surface area contributed by atoms with Gasteiger partial charge >= 0.3 is 15.6 Å². The second-order valence-corrected chi connectivity index (χ2v) is 7.42. The minimum atomic E-state index is -5.82. The minimum absolute atomic E-state index is 0.206. The van der Waals surface area contributed by atoms with Gasteiger partial charge in [-0.15, -0.1) is 0 Å². The zero-order chi connectivity index (χ0) is 15.6. The standard InChI is InChI=1S/C10H11F3O5S2/c1-2-6-19(14,15)9-5-3-4-8(7-9)18-20(16,17)10(11,12)13/h3-5,7H,2,6H2,1H3. The van der Waals surface area contributed by atoms with E-state index in [2.05, 4.69) is 4.18 Å². The van der Waals surface area contributed by atoms with Crippen LogP contribution in [0.3, 0.4) is 0 Å². The van der Waals surface area contributed by atoms with Gasteiger partial charge < -0.3 is 4.18 Å². The van der Waals surface area contributed by atoms with Gasteiger partial charge in [-0.25, -0.2) is 8.42 Å². The number of sulfone groups is 1. The summed E-state index contributed by atoms with van der Waals surface area (Å²) in [5.74, 6) is -0.915. The first-order valence-corrected chi connectivity index (χ1v) is 8.39. The normalized spacial score (nSPS) is 13.2. The Labute approximate surface area is 114 Å². The molecular weight excluding hydrogens is 321 g/mol. The van der Waals surface area contributed by atoms with Crippen molar-refractivity contribution < 1.29 is 34.2 Å². The highest BCUT2D eigenvalue weighted by atomic mass is 32.2. The predicted molar refractivity (Wildman–Crippen MR) is 64.4 cm³/mol. The molecule has 0 N–H and O–H groups in total. The van der Waals surface area contributed by atoms with Crippen LogP contribution in [0.4, 0.5) is 13.2 Å². The maximum absolute atomic E-state index is 12.1. The molecule has 0 saturated heterocycles. The summed E-state index contributed by atoms with van der Waals surface area (Å²) in [6.07, 6.45) is 0.314. The first-order chi connectivity index (χ1) is 8.99. The average molecular weight is 332 g/mol. The Hall–Kier alpha value is -1.29. The van der Waals surface area contributed by atoms with Crippen LogP contribution in [-0.2, 0) is 20.0 Å². The largest absolute Gasteiger partial charge is 0.534 e. The second kappa shape index (κ2) is 5.60. The molecule has 0 bridgehead atoms. The summed E-state index contributed by atoms with van der Waals surface area (Å²) in [6, 6.07) is 3.92. The first-order valence-electron chi connectivity index (χ1n) is 5.33. The topological polar surface area (TPSA) is 77.5 Å². The van der Waals surface area contributed by atoms with Crippen LogP contribution >= 0.6 is 0 Å². The Balaban J connectivity index is 3.14. The monoisotopic (exact) mass is 332 g/mol. The molecule has 0 aliphatic carbocycles. The van der Waals surface area contributed by atoms with Gasteiger partial charge in [-0.2, -0.15) is 21.6 Å². The van der Waals surface area contributed by atoms with Crippen LogP contribution in [0.2, 0.25) is 0 Å². The highest BCUT2D eigenvalue weighted by Gasteiger charge is 2.48. The molecule has 0 saturated carbocycles. The summed E-state index contributed by atoms with van der Waals surface area (Å²) >= 11 is 0. The predicted octanol–water partition coefficient (Wildman–Crippen LogP) is 2.10. The van der Waals surface area contributed by atoms with Crippen LogP contribution in [0.1, 0.15) is 13.3 Å². The number of hydrogen-bond acceptors (Lipinski definition) is 5. The van der Waals surface area contributed by atoms with Crippen LogP contribution in [0, 0.1) is 0 Å². The molecule has 0 aromatic heterocycles. The van der Waals surface area contributed by atoms with Gasteiger partial charge in [0.2, 0.25) is 0 Å². The van der Waals surface area contributed by atoms with Crippen LogP contribution in [-0.4, -0.2) is 28.1 Å². The number of hydrogen-bond donors (Lipinski definition) is 0. The van der Waals surface area contributed by atoms with Crippen molar-refractivity contribution in [1.82, 2.24) is 0 Å². The van der Waals surface area contributed by atoms with Crippen molar-refractivity contribution in [1.29, 1.82) is 0 Å². The third-order valence-electron chi connectivity index (χ3n) is 2.13. The van der Waals surface area contributed by atoms with E-state index in [1.807, 2.05) is 0 Å². The van der Waals surface area contributed by atoms with E-state index in [-0.39, 0.29) is 10.6 Å². The molecule has 0 amide bonds. The highest BCUT2D eigenvalue weighted by molar-refractivity contribution is 7.91. The maximum Gasteiger partial charge on any atom is 0.534 e. The lowest BCUT2D eigenvalue weighted by Crippen LogP contribution is -2.28. The Kier molecular flexibility index (Phi) is 4.70. The maximum atomic E-state index is 12.1. The van der Waals surface area contributed by atoms with Gasteiger partial charge in [-0.3, -0.25) is 0 Å². The van der Waals surface area contributed by atoms with Gasteiger partial charge in [0.15, 0.2) is 9.84 Å². The summed E-state index contributed by atoms with van der Waals surface area (Å²) in [5, 5.41) is 0. The van der Waals surface area contributed by atoms with E-state index in [0.717, 1.165) is 24.3 Å². The fourth-order valence-corrected chi connectivity index (χ4v) is 3.09. The van der Waals surface area contributed by atoms with Gasteiger partial charge in [-0.1, -0.05) is 13.0 Å². The molecule has 0 radical (unpaired) electrons. The Morgan fingerprint density at radius 1 is 1.15 bits per heavy atom. The Morgan fingerprint density at radius 3 is 2.25 bits per heavy atom. The van der Waals surface area contributed by atoms with Crippen molar-refractivity contribution in [3.63, 3.8) is 0 Å². The lowest BCUT2D eigenvalue weighted by molar-refractivity contribution is -0.0500. The number of rotatable bonds is 5. The molecule has 0 spiro atoms. The van der Waals surface area contributed by atoms with Gasteiger partial charge in [0.1, 0.15) is 5.75 Å². The highest BCUT2D eigenvalue weighted by Crippen LogP contribution is 2.28. The molecule has 5 nitrogen and oxygen atoms in total. The average Bonchev–Trinajstić information content (AvgIpc) is 2.27. The summed E-state index contributed by atoms with van der Waals surface area (Å²) in [6.45, 7) is 1.62. The lowest BCUT2D eigenvalue weighted by atomic mass is 10.3. The minimum Gasteiger partial charge on any atom is -0.376 e. The molecular formula is C10H11F3O5S2. The zero-order valence-electron chi connectivity index (χ0n) is 10.2. The van der Waals surface area contributed by atoms with Crippen molar-refractivity contribution in [3.8, 4) is 5.75 Å². The van der Waals surface area contributed by atoms with Crippen molar-refractivity contribution >= 4 is 20.0 Å². The van der Waals surface area contributed by atoms with Crippen LogP contribution in [0.15, 0.2) is 29.2 Å². The smallest absolute Gasteiger partial charge is 0.376 e. The summed E-state index contributed by atoms with van der Waals surface area (Å²) in [5.41, 5.74) is -5.58. The molecule has 0 aliphatic heterocycles. The molecule has 1 aromatic rings. The van der Waals surface area contributed by atoms with E-state index in [1.165, 1.54) is 0 Å². The molecule has 0 unspecified atom stereocenters. The molecule has 0 aliphatic rings.